The average Bonchev–Trinajstić information content (AvgIpc) is 3.00. The van der Waals surface area contributed by atoms with E-state index in [1.165, 1.54) is 4.90 Å². The number of Topliss-reactive ketones (excluding diaryl/α,β-unsaturated/α-hetero) is 1. The Hall–Kier alpha value is -2.63. The van der Waals surface area contributed by atoms with Gasteiger partial charge in [0.1, 0.15) is 0 Å². The number of quaternary nitrogens is 1. The summed E-state index contributed by atoms with van der Waals surface area (Å²) in [6, 6.07) is 13.4. The quantitative estimate of drug-likeness (QED) is 0.417. The van der Waals surface area contributed by atoms with Crippen LogP contribution in [0.3, 0.4) is 0 Å². The van der Waals surface area contributed by atoms with Crippen LogP contribution in [-0.4, -0.2) is 42.8 Å². The Morgan fingerprint density at radius 3 is 2.20 bits per heavy atom. The predicted octanol–water partition coefficient (Wildman–Crippen LogP) is 1.80. The number of rotatable bonds is 7. The molecule has 0 spiro atoms. The van der Waals surface area contributed by atoms with Crippen LogP contribution in [0.1, 0.15) is 36.6 Å². The molecule has 1 saturated heterocycles. The van der Waals surface area contributed by atoms with E-state index in [-0.39, 0.29) is 5.57 Å². The van der Waals surface area contributed by atoms with Crippen LogP contribution >= 0.6 is 11.6 Å². The fourth-order valence-corrected chi connectivity index (χ4v) is 3.96. The second-order valence-electron chi connectivity index (χ2n) is 7.60. The Morgan fingerprint density at radius 2 is 1.63 bits per heavy atom. The molecule has 0 aromatic heterocycles. The Kier molecular flexibility index (Phi) is 6.95. The SMILES string of the molecule is CC[NH+](CC)CCN1C(=O)C(=O)/C(=C(/[O-])c2ccc(Cl)cc2)C1c1ccc(C)cc1. The van der Waals surface area contributed by atoms with Gasteiger partial charge in [0.2, 0.25) is 5.78 Å². The van der Waals surface area contributed by atoms with Crippen molar-refractivity contribution in [2.24, 2.45) is 0 Å². The number of aryl methyl sites for hydroxylation is 1. The van der Waals surface area contributed by atoms with Crippen LogP contribution in [0.15, 0.2) is 54.1 Å². The number of carbonyl (C=O) groups excluding carboxylic acids is 2. The molecule has 5 nitrogen and oxygen atoms in total. The summed E-state index contributed by atoms with van der Waals surface area (Å²) in [5.74, 6) is -1.74. The molecule has 158 valence electrons. The third kappa shape index (κ3) is 4.42. The monoisotopic (exact) mass is 426 g/mol. The van der Waals surface area contributed by atoms with Crippen molar-refractivity contribution in [2.75, 3.05) is 26.2 Å². The number of hydrogen-bond acceptors (Lipinski definition) is 3. The van der Waals surface area contributed by atoms with Crippen molar-refractivity contribution in [3.63, 3.8) is 0 Å². The maximum absolute atomic E-state index is 13.3. The first-order chi connectivity index (χ1) is 14.4. The molecule has 3 rings (SSSR count). The Balaban J connectivity index is 2.08. The molecule has 1 fully saturated rings. The number of ketones is 1. The summed E-state index contributed by atoms with van der Waals surface area (Å²) < 4.78 is 0. The minimum atomic E-state index is -0.713. The highest BCUT2D eigenvalue weighted by Gasteiger charge is 2.44. The minimum Gasteiger partial charge on any atom is -0.872 e. The van der Waals surface area contributed by atoms with E-state index >= 15 is 0 Å². The van der Waals surface area contributed by atoms with E-state index < -0.39 is 23.5 Å². The highest BCUT2D eigenvalue weighted by atomic mass is 35.5. The summed E-state index contributed by atoms with van der Waals surface area (Å²) in [5.41, 5.74) is 2.20. The Morgan fingerprint density at radius 1 is 1.03 bits per heavy atom. The normalized spacial score (nSPS) is 18.4. The van der Waals surface area contributed by atoms with Crippen LogP contribution in [0.5, 0.6) is 0 Å². The largest absolute Gasteiger partial charge is 0.872 e. The molecule has 1 amide bonds. The van der Waals surface area contributed by atoms with Crippen molar-refractivity contribution in [3.8, 4) is 0 Å². The van der Waals surface area contributed by atoms with Gasteiger partial charge < -0.3 is 14.9 Å². The maximum atomic E-state index is 13.3. The number of likely N-dealkylation sites (tertiary alicyclic amines) is 1. The van der Waals surface area contributed by atoms with Gasteiger partial charge in [-0.2, -0.15) is 0 Å². The van der Waals surface area contributed by atoms with Gasteiger partial charge in [-0.05, 0) is 44.0 Å². The highest BCUT2D eigenvalue weighted by Crippen LogP contribution is 2.38. The van der Waals surface area contributed by atoms with E-state index in [0.717, 1.165) is 30.8 Å². The van der Waals surface area contributed by atoms with E-state index in [1.807, 2.05) is 31.2 Å². The zero-order chi connectivity index (χ0) is 21.8. The van der Waals surface area contributed by atoms with Gasteiger partial charge >= 0.3 is 0 Å². The van der Waals surface area contributed by atoms with Gasteiger partial charge in [0, 0.05) is 10.6 Å². The lowest BCUT2D eigenvalue weighted by molar-refractivity contribution is -0.895. The molecular formula is C24H27ClN2O3. The van der Waals surface area contributed by atoms with Gasteiger partial charge in [-0.25, -0.2) is 0 Å². The third-order valence-corrected chi connectivity index (χ3v) is 5.99. The zero-order valence-corrected chi connectivity index (χ0v) is 18.3. The lowest BCUT2D eigenvalue weighted by atomic mass is 9.95. The smallest absolute Gasteiger partial charge is 0.295 e. The Labute approximate surface area is 182 Å². The number of benzene rings is 2. The molecule has 1 unspecified atom stereocenters. The summed E-state index contributed by atoms with van der Waals surface area (Å²) in [5, 5.41) is 13.8. The number of nitrogens with zero attached hydrogens (tertiary/aromatic N) is 1. The van der Waals surface area contributed by atoms with Gasteiger partial charge in [-0.1, -0.05) is 59.3 Å². The number of amides is 1. The van der Waals surface area contributed by atoms with Gasteiger partial charge in [-0.15, -0.1) is 0 Å². The van der Waals surface area contributed by atoms with E-state index in [1.54, 1.807) is 29.2 Å². The molecular weight excluding hydrogens is 400 g/mol. The lowest BCUT2D eigenvalue weighted by Gasteiger charge is -2.28. The van der Waals surface area contributed by atoms with Crippen LogP contribution in [-0.2, 0) is 9.59 Å². The fourth-order valence-electron chi connectivity index (χ4n) is 3.84. The molecule has 30 heavy (non-hydrogen) atoms. The van der Waals surface area contributed by atoms with E-state index in [4.69, 9.17) is 11.6 Å². The molecule has 0 aliphatic carbocycles. The number of likely N-dealkylation sites (N-methyl/N-ethyl adjacent to an activating group) is 1. The zero-order valence-electron chi connectivity index (χ0n) is 17.6. The summed E-state index contributed by atoms with van der Waals surface area (Å²) in [6.45, 7) is 9.15. The summed E-state index contributed by atoms with van der Waals surface area (Å²) >= 11 is 5.94. The van der Waals surface area contributed by atoms with Crippen molar-refractivity contribution < 1.29 is 19.6 Å². The molecule has 0 radical (unpaired) electrons. The molecule has 6 heteroatoms. The molecule has 1 heterocycles. The van der Waals surface area contributed by atoms with Gasteiger partial charge in [0.15, 0.2) is 0 Å². The maximum Gasteiger partial charge on any atom is 0.295 e. The first kappa shape index (κ1) is 22.1. The number of halogens is 1. The molecule has 0 bridgehead atoms. The molecule has 2 aromatic carbocycles. The summed E-state index contributed by atoms with van der Waals surface area (Å²) in [7, 11) is 0. The van der Waals surface area contributed by atoms with Crippen molar-refractivity contribution in [3.05, 3.63) is 75.8 Å². The standard InChI is InChI=1S/C24H27ClN2O3/c1-4-26(5-2)14-15-27-21(17-8-6-16(3)7-9-17)20(23(29)24(27)30)22(28)18-10-12-19(25)13-11-18/h6-13,21,28H,4-5,14-15H2,1-3H3/b22-20+. The second kappa shape index (κ2) is 9.45. The topological polar surface area (TPSA) is 64.9 Å². The van der Waals surface area contributed by atoms with Crippen molar-refractivity contribution in [2.45, 2.75) is 26.8 Å². The number of hydrogen-bond donors (Lipinski definition) is 1. The molecule has 1 atom stereocenters. The van der Waals surface area contributed by atoms with Crippen LogP contribution in [0.4, 0.5) is 0 Å². The number of carbonyl (C=O) groups is 2. The minimum absolute atomic E-state index is 0.0146. The van der Waals surface area contributed by atoms with E-state index in [9.17, 15) is 14.7 Å². The van der Waals surface area contributed by atoms with Crippen molar-refractivity contribution in [1.29, 1.82) is 0 Å². The third-order valence-electron chi connectivity index (χ3n) is 5.74. The Bertz CT molecular complexity index is 947. The summed E-state index contributed by atoms with van der Waals surface area (Å²) in [4.78, 5) is 28.8. The summed E-state index contributed by atoms with van der Waals surface area (Å²) in [6.07, 6.45) is 0. The fraction of sp³-hybridized carbons (Fsp3) is 0.333. The van der Waals surface area contributed by atoms with Gasteiger partial charge in [0.05, 0.1) is 32.2 Å². The van der Waals surface area contributed by atoms with Gasteiger partial charge in [-0.3, -0.25) is 9.59 Å². The van der Waals surface area contributed by atoms with E-state index in [2.05, 4.69) is 13.8 Å². The van der Waals surface area contributed by atoms with Crippen LogP contribution < -0.4 is 10.0 Å². The van der Waals surface area contributed by atoms with Gasteiger partial charge in [0.25, 0.3) is 5.91 Å². The molecule has 1 N–H and O–H groups in total. The predicted molar refractivity (Wildman–Crippen MR) is 116 cm³/mol. The lowest BCUT2D eigenvalue weighted by Crippen LogP contribution is -3.12. The number of nitrogens with one attached hydrogen (secondary N) is 1. The van der Waals surface area contributed by atoms with Crippen LogP contribution in [0.25, 0.3) is 5.76 Å². The highest BCUT2D eigenvalue weighted by molar-refractivity contribution is 6.46. The molecule has 1 aliphatic rings. The molecule has 2 aromatic rings. The van der Waals surface area contributed by atoms with Crippen molar-refractivity contribution >= 4 is 29.1 Å². The van der Waals surface area contributed by atoms with Crippen LogP contribution in [0, 0.1) is 6.92 Å². The first-order valence-corrected chi connectivity index (χ1v) is 10.7. The molecule has 0 saturated carbocycles. The van der Waals surface area contributed by atoms with Crippen molar-refractivity contribution in [1.82, 2.24) is 4.90 Å². The first-order valence-electron chi connectivity index (χ1n) is 10.3. The average molecular weight is 427 g/mol. The molecule has 1 aliphatic heterocycles. The second-order valence-corrected chi connectivity index (χ2v) is 8.03. The van der Waals surface area contributed by atoms with Crippen LogP contribution in [0.2, 0.25) is 5.02 Å². The van der Waals surface area contributed by atoms with E-state index in [0.29, 0.717) is 17.1 Å².